The Bertz CT molecular complexity index is 302. The van der Waals surface area contributed by atoms with Gasteiger partial charge >= 0.3 is 0 Å². The molecule has 1 amide bonds. The van der Waals surface area contributed by atoms with Crippen molar-refractivity contribution in [1.29, 1.82) is 5.26 Å². The van der Waals surface area contributed by atoms with Gasteiger partial charge in [0.2, 0.25) is 5.91 Å². The van der Waals surface area contributed by atoms with Crippen LogP contribution in [-0.4, -0.2) is 26.2 Å². The lowest BCUT2D eigenvalue weighted by molar-refractivity contribution is -0.128. The van der Waals surface area contributed by atoms with Crippen LogP contribution in [0.4, 0.5) is 0 Å². The Morgan fingerprint density at radius 2 is 1.89 bits per heavy atom. The van der Waals surface area contributed by atoms with E-state index in [0.717, 1.165) is 64.4 Å². The number of unbranched alkanes of at least 4 members (excludes halogenated alkanes) is 2. The fraction of sp³-hybridized carbons (Fsp3) is 0.867. The molecule has 1 aliphatic rings. The lowest BCUT2D eigenvalue weighted by Gasteiger charge is -2.23. The Balaban J connectivity index is 2.31. The summed E-state index contributed by atoms with van der Waals surface area (Å²) in [5, 5.41) is 12.3. The predicted molar refractivity (Wildman–Crippen MR) is 74.5 cm³/mol. The van der Waals surface area contributed by atoms with Crippen molar-refractivity contribution in [2.75, 3.05) is 20.3 Å². The summed E-state index contributed by atoms with van der Waals surface area (Å²) in [7, 11) is 1.70. The molecule has 1 fully saturated rings. The van der Waals surface area contributed by atoms with Gasteiger partial charge in [-0.15, -0.1) is 0 Å². The first-order chi connectivity index (χ1) is 9.25. The zero-order chi connectivity index (χ0) is 14.0. The van der Waals surface area contributed by atoms with Gasteiger partial charge in [-0.25, -0.2) is 0 Å². The number of hydrogen-bond acceptors (Lipinski definition) is 3. The number of carbonyl (C=O) groups is 1. The minimum absolute atomic E-state index is 0.0522. The second-order valence-corrected chi connectivity index (χ2v) is 5.42. The fourth-order valence-corrected chi connectivity index (χ4v) is 2.64. The summed E-state index contributed by atoms with van der Waals surface area (Å²) >= 11 is 0. The highest BCUT2D eigenvalue weighted by Crippen LogP contribution is 2.34. The van der Waals surface area contributed by atoms with Crippen molar-refractivity contribution in [3.05, 3.63) is 0 Å². The molecule has 0 saturated heterocycles. The number of rotatable bonds is 7. The Morgan fingerprint density at radius 3 is 2.47 bits per heavy atom. The molecule has 4 heteroatoms. The van der Waals surface area contributed by atoms with Crippen LogP contribution < -0.4 is 5.32 Å². The first-order valence-corrected chi connectivity index (χ1v) is 7.44. The van der Waals surface area contributed by atoms with E-state index in [2.05, 4.69) is 11.4 Å². The largest absolute Gasteiger partial charge is 0.385 e. The third kappa shape index (κ3) is 5.20. The van der Waals surface area contributed by atoms with E-state index in [-0.39, 0.29) is 5.91 Å². The van der Waals surface area contributed by atoms with Crippen LogP contribution in [0.15, 0.2) is 0 Å². The van der Waals surface area contributed by atoms with Crippen LogP contribution in [0.5, 0.6) is 0 Å². The van der Waals surface area contributed by atoms with Gasteiger partial charge in [-0.3, -0.25) is 4.79 Å². The highest BCUT2D eigenvalue weighted by molar-refractivity contribution is 5.85. The van der Waals surface area contributed by atoms with Gasteiger partial charge in [-0.2, -0.15) is 5.26 Å². The van der Waals surface area contributed by atoms with E-state index in [1.165, 1.54) is 0 Å². The molecule has 108 valence electrons. The monoisotopic (exact) mass is 266 g/mol. The summed E-state index contributed by atoms with van der Waals surface area (Å²) in [6.45, 7) is 1.45. The second kappa shape index (κ2) is 8.92. The predicted octanol–water partition coefficient (Wildman–Crippen LogP) is 2.78. The van der Waals surface area contributed by atoms with Crippen molar-refractivity contribution in [2.45, 2.75) is 57.8 Å². The van der Waals surface area contributed by atoms with Gasteiger partial charge in [-0.05, 0) is 32.1 Å². The van der Waals surface area contributed by atoms with Crippen molar-refractivity contribution in [2.24, 2.45) is 5.41 Å². The minimum Gasteiger partial charge on any atom is -0.385 e. The Kier molecular flexibility index (Phi) is 7.50. The lowest BCUT2D eigenvalue weighted by atomic mass is 9.81. The highest BCUT2D eigenvalue weighted by atomic mass is 16.5. The van der Waals surface area contributed by atoms with E-state index in [1.54, 1.807) is 7.11 Å². The average Bonchev–Trinajstić information content (AvgIpc) is 2.68. The molecule has 0 bridgehead atoms. The number of ether oxygens (including phenoxy) is 1. The zero-order valence-corrected chi connectivity index (χ0v) is 12.0. The maximum absolute atomic E-state index is 12.2. The van der Waals surface area contributed by atoms with Gasteiger partial charge in [0.05, 0.1) is 6.07 Å². The summed E-state index contributed by atoms with van der Waals surface area (Å²) in [6.07, 6.45) is 8.75. The molecular formula is C15H26N2O2. The zero-order valence-electron chi connectivity index (χ0n) is 12.0. The van der Waals surface area contributed by atoms with Crippen LogP contribution in [0.25, 0.3) is 0 Å². The number of nitrogens with zero attached hydrogens (tertiary/aromatic N) is 1. The molecule has 0 aromatic carbocycles. The normalized spacial score (nSPS) is 18.3. The number of methoxy groups -OCH3 is 1. The van der Waals surface area contributed by atoms with Crippen LogP contribution in [0, 0.1) is 16.7 Å². The number of nitrogens with one attached hydrogen (secondary N) is 1. The number of amides is 1. The van der Waals surface area contributed by atoms with Crippen LogP contribution in [-0.2, 0) is 9.53 Å². The van der Waals surface area contributed by atoms with Crippen molar-refractivity contribution < 1.29 is 9.53 Å². The van der Waals surface area contributed by atoms with Crippen molar-refractivity contribution in [3.63, 3.8) is 0 Å². The Morgan fingerprint density at radius 1 is 1.21 bits per heavy atom. The van der Waals surface area contributed by atoms with Crippen molar-refractivity contribution >= 4 is 5.91 Å². The van der Waals surface area contributed by atoms with Crippen molar-refractivity contribution in [3.8, 4) is 6.07 Å². The summed E-state index contributed by atoms with van der Waals surface area (Å²) in [4.78, 5) is 12.2. The molecule has 0 spiro atoms. The average molecular weight is 266 g/mol. The van der Waals surface area contributed by atoms with Gasteiger partial charge in [0.15, 0.2) is 0 Å². The summed E-state index contributed by atoms with van der Waals surface area (Å²) in [5.41, 5.74) is -0.761. The second-order valence-electron chi connectivity index (χ2n) is 5.42. The van der Waals surface area contributed by atoms with Crippen LogP contribution >= 0.6 is 0 Å². The number of nitriles is 1. The molecule has 1 N–H and O–H groups in total. The lowest BCUT2D eigenvalue weighted by Crippen LogP contribution is -2.40. The molecule has 4 nitrogen and oxygen atoms in total. The Hall–Kier alpha value is -1.08. The third-order valence-corrected chi connectivity index (χ3v) is 3.92. The van der Waals surface area contributed by atoms with E-state index < -0.39 is 5.41 Å². The van der Waals surface area contributed by atoms with Crippen molar-refractivity contribution in [1.82, 2.24) is 5.32 Å². The first-order valence-electron chi connectivity index (χ1n) is 7.44. The van der Waals surface area contributed by atoms with E-state index in [9.17, 15) is 10.1 Å². The third-order valence-electron chi connectivity index (χ3n) is 3.92. The molecule has 0 heterocycles. The van der Waals surface area contributed by atoms with Gasteiger partial charge in [-0.1, -0.05) is 25.7 Å². The standard InChI is InChI=1S/C15H26N2O2/c1-19-12-8-4-7-11-17-14(18)15(13-16)9-5-2-3-6-10-15/h2-12H2,1H3,(H,17,18). The van der Waals surface area contributed by atoms with Gasteiger partial charge in [0.1, 0.15) is 5.41 Å². The highest BCUT2D eigenvalue weighted by Gasteiger charge is 2.38. The molecule has 0 atom stereocenters. The molecular weight excluding hydrogens is 240 g/mol. The molecule has 1 rings (SSSR count). The fourth-order valence-electron chi connectivity index (χ4n) is 2.64. The van der Waals surface area contributed by atoms with Crippen LogP contribution in [0.2, 0.25) is 0 Å². The van der Waals surface area contributed by atoms with E-state index in [4.69, 9.17) is 4.74 Å². The SMILES string of the molecule is COCCCCCNC(=O)C1(C#N)CCCCCC1. The molecule has 1 saturated carbocycles. The van der Waals surface area contributed by atoms with Gasteiger partial charge < -0.3 is 10.1 Å². The van der Waals surface area contributed by atoms with E-state index >= 15 is 0 Å². The molecule has 0 unspecified atom stereocenters. The molecule has 0 aliphatic heterocycles. The smallest absolute Gasteiger partial charge is 0.240 e. The minimum atomic E-state index is -0.761. The molecule has 1 aliphatic carbocycles. The maximum Gasteiger partial charge on any atom is 0.240 e. The molecule has 0 aromatic heterocycles. The van der Waals surface area contributed by atoms with Gasteiger partial charge in [0.25, 0.3) is 0 Å². The summed E-state index contributed by atoms with van der Waals surface area (Å²) in [6, 6.07) is 2.29. The number of carbonyl (C=O) groups excluding carboxylic acids is 1. The summed E-state index contributed by atoms with van der Waals surface area (Å²) in [5.74, 6) is -0.0522. The molecule has 19 heavy (non-hydrogen) atoms. The van der Waals surface area contributed by atoms with Crippen LogP contribution in [0.1, 0.15) is 57.8 Å². The molecule has 0 radical (unpaired) electrons. The van der Waals surface area contributed by atoms with E-state index in [1.807, 2.05) is 0 Å². The first kappa shape index (κ1) is 16.0. The Labute approximate surface area is 116 Å². The van der Waals surface area contributed by atoms with Crippen LogP contribution in [0.3, 0.4) is 0 Å². The quantitative estimate of drug-likeness (QED) is 0.569. The maximum atomic E-state index is 12.2. The molecule has 0 aromatic rings. The number of hydrogen-bond donors (Lipinski definition) is 1. The van der Waals surface area contributed by atoms with Gasteiger partial charge in [0, 0.05) is 20.3 Å². The van der Waals surface area contributed by atoms with E-state index in [0.29, 0.717) is 6.54 Å². The summed E-state index contributed by atoms with van der Waals surface area (Å²) < 4.78 is 4.98. The topological polar surface area (TPSA) is 62.1 Å².